The number of guanidine groups is 1. The van der Waals surface area contributed by atoms with Crippen molar-refractivity contribution in [3.8, 4) is 0 Å². The van der Waals surface area contributed by atoms with E-state index in [1.807, 2.05) is 31.2 Å². The van der Waals surface area contributed by atoms with Gasteiger partial charge in [-0.05, 0) is 37.5 Å². The number of rotatable bonds is 8. The molecule has 1 atom stereocenters. The molecule has 3 rings (SSSR count). The SMILES string of the molecule is CN=C(NCCc1csc(C)n1)NCc1cccc(C(=O)NCC2CCCO2)c1.I. The van der Waals surface area contributed by atoms with Crippen molar-refractivity contribution in [2.75, 3.05) is 26.7 Å². The van der Waals surface area contributed by atoms with Crippen molar-refractivity contribution < 1.29 is 9.53 Å². The maximum Gasteiger partial charge on any atom is 0.251 e. The van der Waals surface area contributed by atoms with E-state index >= 15 is 0 Å². The highest BCUT2D eigenvalue weighted by atomic mass is 127. The second kappa shape index (κ2) is 12.9. The van der Waals surface area contributed by atoms with E-state index in [2.05, 4.69) is 31.3 Å². The fourth-order valence-corrected chi connectivity index (χ4v) is 3.82. The average Bonchev–Trinajstić information content (AvgIpc) is 3.40. The molecule has 9 heteroatoms. The number of benzene rings is 1. The third-order valence-corrected chi connectivity index (χ3v) is 5.55. The Labute approximate surface area is 199 Å². The van der Waals surface area contributed by atoms with E-state index in [1.165, 1.54) is 0 Å². The van der Waals surface area contributed by atoms with Crippen molar-refractivity contribution >= 4 is 47.2 Å². The van der Waals surface area contributed by atoms with E-state index in [0.29, 0.717) is 18.7 Å². The van der Waals surface area contributed by atoms with Crippen molar-refractivity contribution in [2.24, 2.45) is 4.99 Å². The zero-order chi connectivity index (χ0) is 20.5. The summed E-state index contributed by atoms with van der Waals surface area (Å²) in [6.45, 7) is 4.71. The van der Waals surface area contributed by atoms with Crippen LogP contribution in [0.5, 0.6) is 0 Å². The van der Waals surface area contributed by atoms with Crippen LogP contribution in [0, 0.1) is 6.92 Å². The van der Waals surface area contributed by atoms with Crippen LogP contribution in [0.3, 0.4) is 0 Å². The summed E-state index contributed by atoms with van der Waals surface area (Å²) in [5.74, 6) is 0.661. The first-order valence-electron chi connectivity index (χ1n) is 9.98. The van der Waals surface area contributed by atoms with Gasteiger partial charge in [-0.2, -0.15) is 0 Å². The third-order valence-electron chi connectivity index (χ3n) is 4.73. The summed E-state index contributed by atoms with van der Waals surface area (Å²) in [4.78, 5) is 21.1. The van der Waals surface area contributed by atoms with Crippen LogP contribution in [-0.2, 0) is 17.7 Å². The van der Waals surface area contributed by atoms with Gasteiger partial charge in [0.25, 0.3) is 5.91 Å². The second-order valence-electron chi connectivity index (χ2n) is 7.01. The summed E-state index contributed by atoms with van der Waals surface area (Å²) >= 11 is 1.67. The van der Waals surface area contributed by atoms with Gasteiger partial charge in [-0.25, -0.2) is 4.98 Å². The summed E-state index contributed by atoms with van der Waals surface area (Å²) < 4.78 is 5.55. The van der Waals surface area contributed by atoms with E-state index in [1.54, 1.807) is 18.4 Å². The Morgan fingerprint density at radius 3 is 2.90 bits per heavy atom. The Morgan fingerprint density at radius 1 is 1.33 bits per heavy atom. The zero-order valence-electron chi connectivity index (χ0n) is 17.4. The van der Waals surface area contributed by atoms with Crippen LogP contribution < -0.4 is 16.0 Å². The molecule has 1 aliphatic rings. The van der Waals surface area contributed by atoms with Gasteiger partial charge in [0.05, 0.1) is 16.8 Å². The van der Waals surface area contributed by atoms with Crippen molar-refractivity contribution in [1.29, 1.82) is 0 Å². The summed E-state index contributed by atoms with van der Waals surface area (Å²) in [7, 11) is 1.75. The van der Waals surface area contributed by atoms with E-state index in [4.69, 9.17) is 4.74 Å². The predicted octanol–water partition coefficient (Wildman–Crippen LogP) is 2.89. The molecule has 1 saturated heterocycles. The fourth-order valence-electron chi connectivity index (χ4n) is 3.17. The number of hydrogen-bond acceptors (Lipinski definition) is 5. The van der Waals surface area contributed by atoms with E-state index < -0.39 is 0 Å². The number of aliphatic imine (C=N–C) groups is 1. The molecule has 0 spiro atoms. The number of hydrogen-bond donors (Lipinski definition) is 3. The Morgan fingerprint density at radius 2 is 2.20 bits per heavy atom. The lowest BCUT2D eigenvalue weighted by Crippen LogP contribution is -2.38. The normalized spacial score (nSPS) is 16.1. The van der Waals surface area contributed by atoms with Crippen molar-refractivity contribution in [3.63, 3.8) is 0 Å². The third kappa shape index (κ3) is 7.84. The molecule has 1 aliphatic heterocycles. The van der Waals surface area contributed by atoms with Gasteiger partial charge in [-0.1, -0.05) is 12.1 Å². The van der Waals surface area contributed by atoms with Gasteiger partial charge < -0.3 is 20.7 Å². The number of amides is 1. The molecule has 1 fully saturated rings. The summed E-state index contributed by atoms with van der Waals surface area (Å²) in [6.07, 6.45) is 3.08. The number of halogens is 1. The highest BCUT2D eigenvalue weighted by molar-refractivity contribution is 14.0. The van der Waals surface area contributed by atoms with Gasteiger partial charge in [0.1, 0.15) is 0 Å². The topological polar surface area (TPSA) is 87.6 Å². The number of thiazole rings is 1. The summed E-state index contributed by atoms with van der Waals surface area (Å²) in [6, 6.07) is 7.63. The number of carbonyl (C=O) groups is 1. The lowest BCUT2D eigenvalue weighted by molar-refractivity contribution is 0.0857. The lowest BCUT2D eigenvalue weighted by atomic mass is 10.1. The number of ether oxygens (including phenoxy) is 1. The van der Waals surface area contributed by atoms with Crippen LogP contribution >= 0.6 is 35.3 Å². The molecule has 1 aromatic heterocycles. The maximum atomic E-state index is 12.4. The van der Waals surface area contributed by atoms with E-state index in [0.717, 1.165) is 54.6 Å². The first kappa shape index (κ1) is 24.5. The monoisotopic (exact) mass is 543 g/mol. The summed E-state index contributed by atoms with van der Waals surface area (Å²) in [5.41, 5.74) is 2.77. The first-order chi connectivity index (χ1) is 14.1. The van der Waals surface area contributed by atoms with Crippen LogP contribution in [0.15, 0.2) is 34.6 Å². The number of nitrogens with one attached hydrogen (secondary N) is 3. The number of aryl methyl sites for hydroxylation is 1. The average molecular weight is 543 g/mol. The molecule has 164 valence electrons. The highest BCUT2D eigenvalue weighted by Gasteiger charge is 2.16. The minimum Gasteiger partial charge on any atom is -0.376 e. The van der Waals surface area contributed by atoms with Crippen molar-refractivity contribution in [1.82, 2.24) is 20.9 Å². The second-order valence-corrected chi connectivity index (χ2v) is 8.07. The van der Waals surface area contributed by atoms with Crippen LogP contribution in [-0.4, -0.2) is 49.7 Å². The van der Waals surface area contributed by atoms with Gasteiger partial charge in [-0.15, -0.1) is 35.3 Å². The Kier molecular flexibility index (Phi) is 10.5. The lowest BCUT2D eigenvalue weighted by Gasteiger charge is -2.13. The van der Waals surface area contributed by atoms with Gasteiger partial charge in [0.15, 0.2) is 5.96 Å². The molecule has 2 heterocycles. The highest BCUT2D eigenvalue weighted by Crippen LogP contribution is 2.11. The molecule has 7 nitrogen and oxygen atoms in total. The fraction of sp³-hybridized carbons (Fsp3) is 0.476. The number of carbonyl (C=O) groups excluding carboxylic acids is 1. The number of aromatic nitrogens is 1. The Bertz CT molecular complexity index is 836. The van der Waals surface area contributed by atoms with Crippen LogP contribution in [0.1, 0.15) is 39.5 Å². The minimum atomic E-state index is -0.0663. The molecule has 0 bridgehead atoms. The van der Waals surface area contributed by atoms with Gasteiger partial charge in [-0.3, -0.25) is 9.79 Å². The number of nitrogens with zero attached hydrogens (tertiary/aromatic N) is 2. The van der Waals surface area contributed by atoms with Crippen molar-refractivity contribution in [2.45, 2.75) is 38.8 Å². The molecule has 3 N–H and O–H groups in total. The Hall–Kier alpha value is -1.72. The first-order valence-corrected chi connectivity index (χ1v) is 10.9. The van der Waals surface area contributed by atoms with Gasteiger partial charge in [0, 0.05) is 50.7 Å². The largest absolute Gasteiger partial charge is 0.376 e. The van der Waals surface area contributed by atoms with E-state index in [-0.39, 0.29) is 36.0 Å². The maximum absolute atomic E-state index is 12.4. The zero-order valence-corrected chi connectivity index (χ0v) is 20.6. The van der Waals surface area contributed by atoms with Crippen LogP contribution in [0.25, 0.3) is 0 Å². The molecule has 0 saturated carbocycles. The van der Waals surface area contributed by atoms with Crippen LogP contribution in [0.4, 0.5) is 0 Å². The Balaban J connectivity index is 0.00000320. The molecular formula is C21H30IN5O2S. The smallest absolute Gasteiger partial charge is 0.251 e. The molecular weight excluding hydrogens is 513 g/mol. The molecule has 1 aromatic carbocycles. The van der Waals surface area contributed by atoms with E-state index in [9.17, 15) is 4.79 Å². The van der Waals surface area contributed by atoms with Crippen LogP contribution in [0.2, 0.25) is 0 Å². The quantitative estimate of drug-likeness (QED) is 0.271. The molecule has 2 aromatic rings. The molecule has 0 aliphatic carbocycles. The van der Waals surface area contributed by atoms with Crippen molar-refractivity contribution in [3.05, 3.63) is 51.5 Å². The molecule has 1 unspecified atom stereocenters. The van der Waals surface area contributed by atoms with Gasteiger partial charge in [0.2, 0.25) is 0 Å². The predicted molar refractivity (Wildman–Crippen MR) is 132 cm³/mol. The van der Waals surface area contributed by atoms with Gasteiger partial charge >= 0.3 is 0 Å². The minimum absolute atomic E-state index is 0. The standard InChI is InChI=1S/C21H29N5O2S.HI/c1-15-26-18(14-29-15)8-9-23-21(22-2)25-12-16-5-3-6-17(11-16)20(27)24-13-19-7-4-10-28-19;/h3,5-6,11,14,19H,4,7-10,12-13H2,1-2H3,(H,24,27)(H2,22,23,25);1H. The molecule has 30 heavy (non-hydrogen) atoms. The summed E-state index contributed by atoms with van der Waals surface area (Å²) in [5, 5.41) is 12.7. The molecule has 1 amide bonds. The molecule has 0 radical (unpaired) electrons.